The van der Waals surface area contributed by atoms with Crippen LogP contribution >= 0.6 is 0 Å². The Morgan fingerprint density at radius 2 is 1.57 bits per heavy atom. The molecule has 0 aliphatic rings. The van der Waals surface area contributed by atoms with Gasteiger partial charge in [-0.25, -0.2) is 0 Å². The van der Waals surface area contributed by atoms with Gasteiger partial charge in [0, 0.05) is 18.6 Å². The lowest BCUT2D eigenvalue weighted by atomic mass is 9.85. The lowest BCUT2D eigenvalue weighted by Gasteiger charge is -2.20. The van der Waals surface area contributed by atoms with Gasteiger partial charge in [-0.05, 0) is 41.0 Å². The topological polar surface area (TPSA) is 3.88 Å². The average molecular weight is 304 g/mol. The molecule has 0 N–H and O–H groups in total. The Bertz CT molecular complexity index is 882. The van der Waals surface area contributed by atoms with E-state index in [1.807, 2.05) is 0 Å². The predicted octanol–water partition coefficient (Wildman–Crippen LogP) is 5.25. The summed E-state index contributed by atoms with van der Waals surface area (Å²) in [7, 11) is 2.16. The van der Waals surface area contributed by atoms with Gasteiger partial charge in [0.1, 0.15) is 7.05 Å². The van der Waals surface area contributed by atoms with E-state index in [0.29, 0.717) is 0 Å². The minimum atomic E-state index is 0.170. The molecule has 3 rings (SSSR count). The lowest BCUT2D eigenvalue weighted by Crippen LogP contribution is -2.35. The molecule has 0 amide bonds. The van der Waals surface area contributed by atoms with Gasteiger partial charge in [-0.2, -0.15) is 4.57 Å². The van der Waals surface area contributed by atoms with Gasteiger partial charge in [0.25, 0.3) is 0 Å². The second-order valence-electron chi connectivity index (χ2n) is 7.56. The van der Waals surface area contributed by atoms with Crippen molar-refractivity contribution < 1.29 is 4.57 Å². The highest BCUT2D eigenvalue weighted by Crippen LogP contribution is 2.32. The fourth-order valence-electron chi connectivity index (χ4n) is 3.21. The van der Waals surface area contributed by atoms with Crippen molar-refractivity contribution in [1.29, 1.82) is 0 Å². The van der Waals surface area contributed by atoms with Gasteiger partial charge < -0.3 is 0 Å². The summed E-state index contributed by atoms with van der Waals surface area (Å²) >= 11 is 0. The Balaban J connectivity index is 2.38. The zero-order valence-corrected chi connectivity index (χ0v) is 15.1. The van der Waals surface area contributed by atoms with Crippen LogP contribution in [0.25, 0.3) is 22.0 Å². The molecule has 118 valence electrons. The number of aryl methyl sites for hydroxylation is 2. The van der Waals surface area contributed by atoms with Gasteiger partial charge in [0.05, 0.1) is 5.39 Å². The number of hydrogen-bond donors (Lipinski definition) is 0. The normalized spacial score (nSPS) is 11.9. The SMILES string of the molecule is Cc1ccccc1-c1c2ccc(C(C)(C)C)cc2cc(C)[n+]1C. The lowest BCUT2D eigenvalue weighted by molar-refractivity contribution is -0.665. The quantitative estimate of drug-likeness (QED) is 0.541. The summed E-state index contributed by atoms with van der Waals surface area (Å²) in [5.41, 5.74) is 6.76. The molecule has 3 aromatic rings. The molecule has 23 heavy (non-hydrogen) atoms. The summed E-state index contributed by atoms with van der Waals surface area (Å²) in [4.78, 5) is 0. The van der Waals surface area contributed by atoms with E-state index in [0.717, 1.165) is 0 Å². The van der Waals surface area contributed by atoms with Gasteiger partial charge in [-0.3, -0.25) is 0 Å². The fourth-order valence-corrected chi connectivity index (χ4v) is 3.21. The molecule has 0 fully saturated rings. The van der Waals surface area contributed by atoms with Crippen molar-refractivity contribution in [2.24, 2.45) is 7.05 Å². The first-order valence-corrected chi connectivity index (χ1v) is 8.29. The molecule has 0 spiro atoms. The van der Waals surface area contributed by atoms with Crippen LogP contribution in [0.2, 0.25) is 0 Å². The molecule has 0 saturated carbocycles. The van der Waals surface area contributed by atoms with Crippen molar-refractivity contribution in [3.63, 3.8) is 0 Å². The monoisotopic (exact) mass is 304 g/mol. The largest absolute Gasteiger partial charge is 0.220 e. The van der Waals surface area contributed by atoms with E-state index in [2.05, 4.69) is 94.8 Å². The fraction of sp³-hybridized carbons (Fsp3) is 0.318. The summed E-state index contributed by atoms with van der Waals surface area (Å²) in [5.74, 6) is 0. The summed E-state index contributed by atoms with van der Waals surface area (Å²) < 4.78 is 2.31. The zero-order valence-electron chi connectivity index (χ0n) is 15.1. The third kappa shape index (κ3) is 2.76. The number of rotatable bonds is 1. The van der Waals surface area contributed by atoms with Crippen LogP contribution in [-0.4, -0.2) is 0 Å². The molecule has 1 heterocycles. The van der Waals surface area contributed by atoms with Gasteiger partial charge in [-0.15, -0.1) is 0 Å². The van der Waals surface area contributed by atoms with Crippen molar-refractivity contribution in [1.82, 2.24) is 0 Å². The highest BCUT2D eigenvalue weighted by Gasteiger charge is 2.21. The molecule has 0 aliphatic carbocycles. The number of fused-ring (bicyclic) bond motifs is 1. The molecule has 1 heteroatoms. The van der Waals surface area contributed by atoms with Crippen molar-refractivity contribution in [3.8, 4) is 11.3 Å². The van der Waals surface area contributed by atoms with Crippen molar-refractivity contribution in [3.05, 3.63) is 65.4 Å². The second-order valence-corrected chi connectivity index (χ2v) is 7.56. The van der Waals surface area contributed by atoms with Gasteiger partial charge in [0.2, 0.25) is 5.69 Å². The molecule has 0 unspecified atom stereocenters. The number of pyridine rings is 1. The highest BCUT2D eigenvalue weighted by atomic mass is 14.9. The third-order valence-corrected chi connectivity index (χ3v) is 4.80. The highest BCUT2D eigenvalue weighted by molar-refractivity contribution is 5.94. The second kappa shape index (κ2) is 5.49. The van der Waals surface area contributed by atoms with E-state index < -0.39 is 0 Å². The van der Waals surface area contributed by atoms with Gasteiger partial charge in [-0.1, -0.05) is 51.1 Å². The van der Waals surface area contributed by atoms with Crippen LogP contribution in [0.1, 0.15) is 37.6 Å². The average Bonchev–Trinajstić information content (AvgIpc) is 2.48. The maximum Gasteiger partial charge on any atom is 0.220 e. The Hall–Kier alpha value is -2.15. The molecule has 0 atom stereocenters. The standard InChI is InChI=1S/C22H26N/c1-15-9-7-8-10-19(15)21-20-12-11-18(22(3,4)5)14-17(20)13-16(2)23(21)6/h7-14H,1-6H3/q+1. The maximum atomic E-state index is 2.35. The van der Waals surface area contributed by atoms with Crippen LogP contribution < -0.4 is 4.57 Å². The molecule has 0 aliphatic heterocycles. The maximum absolute atomic E-state index is 2.35. The number of hydrogen-bond acceptors (Lipinski definition) is 0. The predicted molar refractivity (Wildman–Crippen MR) is 98.7 cm³/mol. The molecule has 2 aromatic carbocycles. The van der Waals surface area contributed by atoms with Crippen LogP contribution in [0.3, 0.4) is 0 Å². The van der Waals surface area contributed by atoms with Crippen LogP contribution in [0.4, 0.5) is 0 Å². The summed E-state index contributed by atoms with van der Waals surface area (Å²) in [6, 6.07) is 17.9. The Morgan fingerprint density at radius 1 is 0.870 bits per heavy atom. The van der Waals surface area contributed by atoms with Crippen LogP contribution in [0.15, 0.2) is 48.5 Å². The van der Waals surface area contributed by atoms with Crippen molar-refractivity contribution in [2.75, 3.05) is 0 Å². The van der Waals surface area contributed by atoms with E-state index in [-0.39, 0.29) is 5.41 Å². The molecule has 1 aromatic heterocycles. The minimum absolute atomic E-state index is 0.170. The van der Waals surface area contributed by atoms with Crippen molar-refractivity contribution >= 4 is 10.8 Å². The van der Waals surface area contributed by atoms with Crippen molar-refractivity contribution in [2.45, 2.75) is 40.0 Å². The van der Waals surface area contributed by atoms with E-state index in [1.54, 1.807) is 0 Å². The van der Waals surface area contributed by atoms with E-state index in [9.17, 15) is 0 Å². The number of nitrogens with zero attached hydrogens (tertiary/aromatic N) is 1. The number of benzene rings is 2. The molecular formula is C22H26N+. The van der Waals surface area contributed by atoms with Gasteiger partial charge in [0.15, 0.2) is 5.69 Å². The van der Waals surface area contributed by atoms with E-state index in [4.69, 9.17) is 0 Å². The first-order chi connectivity index (χ1) is 10.8. The van der Waals surface area contributed by atoms with E-state index in [1.165, 1.54) is 38.9 Å². The van der Waals surface area contributed by atoms with Gasteiger partial charge >= 0.3 is 0 Å². The zero-order chi connectivity index (χ0) is 16.8. The number of aromatic nitrogens is 1. The Kier molecular flexibility index (Phi) is 3.75. The Morgan fingerprint density at radius 3 is 2.22 bits per heavy atom. The Labute approximate surface area is 139 Å². The summed E-state index contributed by atoms with van der Waals surface area (Å²) in [6.45, 7) is 11.2. The first kappa shape index (κ1) is 15.7. The molecule has 0 radical (unpaired) electrons. The van der Waals surface area contributed by atoms with E-state index >= 15 is 0 Å². The summed E-state index contributed by atoms with van der Waals surface area (Å²) in [6.07, 6.45) is 0. The third-order valence-electron chi connectivity index (χ3n) is 4.80. The molecule has 0 saturated heterocycles. The minimum Gasteiger partial charge on any atom is -0.198 e. The first-order valence-electron chi connectivity index (χ1n) is 8.29. The molecule has 0 bridgehead atoms. The molecular weight excluding hydrogens is 278 g/mol. The van der Waals surface area contributed by atoms with Crippen LogP contribution in [0, 0.1) is 13.8 Å². The molecule has 1 nitrogen and oxygen atoms in total. The van der Waals surface area contributed by atoms with Crippen LogP contribution in [0.5, 0.6) is 0 Å². The van der Waals surface area contributed by atoms with Crippen LogP contribution in [-0.2, 0) is 12.5 Å². The summed E-state index contributed by atoms with van der Waals surface area (Å²) in [5, 5.41) is 2.65. The smallest absolute Gasteiger partial charge is 0.198 e.